The van der Waals surface area contributed by atoms with Crippen molar-refractivity contribution >= 4 is 22.9 Å². The number of amides is 1. The van der Waals surface area contributed by atoms with Crippen molar-refractivity contribution in [3.63, 3.8) is 0 Å². The maximum absolute atomic E-state index is 13.1. The molecule has 1 fully saturated rings. The van der Waals surface area contributed by atoms with E-state index in [-0.39, 0.29) is 23.7 Å². The van der Waals surface area contributed by atoms with Crippen molar-refractivity contribution in [3.05, 3.63) is 59.2 Å². The predicted molar refractivity (Wildman–Crippen MR) is 121 cm³/mol. The Hall–Kier alpha value is -2.95. The number of imidazole rings is 1. The molecule has 3 N–H and O–H groups in total. The number of nitrogens with one attached hydrogen (secondary N) is 1. The van der Waals surface area contributed by atoms with Crippen LogP contribution in [0, 0.1) is 0 Å². The first-order valence-corrected chi connectivity index (χ1v) is 11.1. The summed E-state index contributed by atoms with van der Waals surface area (Å²) in [6.07, 6.45) is -3.27. The number of fused-ring (bicyclic) bond motifs is 1. The maximum Gasteiger partial charge on any atom is 0.416 e. The fourth-order valence-corrected chi connectivity index (χ4v) is 4.48. The van der Waals surface area contributed by atoms with Gasteiger partial charge >= 0.3 is 6.18 Å². The first kappa shape index (κ1) is 24.2. The molecule has 0 bridgehead atoms. The molecule has 10 heteroatoms. The van der Waals surface area contributed by atoms with Crippen LogP contribution in [-0.4, -0.2) is 50.5 Å². The van der Waals surface area contributed by atoms with E-state index in [1.54, 1.807) is 4.57 Å². The average Bonchev–Trinajstić information content (AvgIpc) is 3.28. The van der Waals surface area contributed by atoms with Gasteiger partial charge in [-0.05, 0) is 69.1 Å². The fraction of sp³-hybridized carbons (Fsp3) is 0.417. The van der Waals surface area contributed by atoms with Crippen LogP contribution >= 0.6 is 0 Å². The summed E-state index contributed by atoms with van der Waals surface area (Å²) in [7, 11) is 1.86. The van der Waals surface area contributed by atoms with Crippen LogP contribution in [0.3, 0.4) is 0 Å². The minimum Gasteiger partial charge on any atom is -0.396 e. The van der Waals surface area contributed by atoms with Gasteiger partial charge in [-0.15, -0.1) is 0 Å². The van der Waals surface area contributed by atoms with Crippen LogP contribution in [0.4, 0.5) is 19.1 Å². The maximum atomic E-state index is 13.1. The molecular weight excluding hydrogens is 449 g/mol. The van der Waals surface area contributed by atoms with Crippen LogP contribution in [0.1, 0.15) is 47.7 Å². The number of alkyl halides is 3. The Morgan fingerprint density at radius 3 is 2.68 bits per heavy atom. The monoisotopic (exact) mass is 476 g/mol. The van der Waals surface area contributed by atoms with E-state index in [4.69, 9.17) is 0 Å². The summed E-state index contributed by atoms with van der Waals surface area (Å²) in [6, 6.07) is 9.93. The molecule has 1 amide bonds. The highest BCUT2D eigenvalue weighted by molar-refractivity contribution is 6.04. The summed E-state index contributed by atoms with van der Waals surface area (Å²) in [5.74, 6) is -0.523. The minimum atomic E-state index is -4.56. The molecule has 3 aromatic rings. The summed E-state index contributed by atoms with van der Waals surface area (Å²) >= 11 is 0. The molecule has 0 spiro atoms. The molecular formula is C24H27F3N4O3. The standard InChI is InChI=1S/C24H27F3N4O3/c1-23(10-9-20(33)30(23)2)16-7-8-19-18(14-16)28-22(31(19)11-4-12-32)29-21(34)15-5-3-6-17(13-15)24(25,26)27/h3,5-8,13-14,20,32-33H,4,9-12H2,1-2H3,(H,28,29,34). The highest BCUT2D eigenvalue weighted by atomic mass is 19.4. The Morgan fingerprint density at radius 2 is 2.03 bits per heavy atom. The number of anilines is 1. The SMILES string of the molecule is CN1C(O)CCC1(C)c1ccc2c(c1)nc(NC(=O)c1cccc(C(F)(F)F)c1)n2CCCO. The van der Waals surface area contributed by atoms with E-state index in [9.17, 15) is 28.2 Å². The van der Waals surface area contributed by atoms with Gasteiger partial charge in [0.05, 0.1) is 16.6 Å². The lowest BCUT2D eigenvalue weighted by Gasteiger charge is -2.34. The third-order valence-corrected chi connectivity index (χ3v) is 6.70. The van der Waals surface area contributed by atoms with Gasteiger partial charge in [0.25, 0.3) is 5.91 Å². The van der Waals surface area contributed by atoms with Crippen LogP contribution in [0.25, 0.3) is 11.0 Å². The fourth-order valence-electron chi connectivity index (χ4n) is 4.48. The highest BCUT2D eigenvalue weighted by Crippen LogP contribution is 2.41. The molecule has 2 atom stereocenters. The summed E-state index contributed by atoms with van der Waals surface area (Å²) in [6.45, 7) is 2.34. The van der Waals surface area contributed by atoms with Crippen molar-refractivity contribution in [2.75, 3.05) is 19.0 Å². The molecule has 1 aromatic heterocycles. The lowest BCUT2D eigenvalue weighted by molar-refractivity contribution is -0.137. The van der Waals surface area contributed by atoms with Crippen LogP contribution < -0.4 is 5.32 Å². The Kier molecular flexibility index (Phi) is 6.41. The van der Waals surface area contributed by atoms with Crippen LogP contribution in [0.5, 0.6) is 0 Å². The zero-order chi connectivity index (χ0) is 24.7. The van der Waals surface area contributed by atoms with Gasteiger partial charge < -0.3 is 14.8 Å². The molecule has 0 radical (unpaired) electrons. The lowest BCUT2D eigenvalue weighted by Crippen LogP contribution is -2.39. The van der Waals surface area contributed by atoms with E-state index in [1.807, 2.05) is 37.1 Å². The van der Waals surface area contributed by atoms with Gasteiger partial charge in [-0.1, -0.05) is 12.1 Å². The van der Waals surface area contributed by atoms with E-state index in [0.29, 0.717) is 24.9 Å². The summed E-state index contributed by atoms with van der Waals surface area (Å²) in [5.41, 5.74) is 0.859. The van der Waals surface area contributed by atoms with Crippen molar-refractivity contribution < 1.29 is 28.2 Å². The van der Waals surface area contributed by atoms with E-state index in [0.717, 1.165) is 29.6 Å². The van der Waals surface area contributed by atoms with Gasteiger partial charge in [-0.3, -0.25) is 15.0 Å². The van der Waals surface area contributed by atoms with E-state index >= 15 is 0 Å². The van der Waals surface area contributed by atoms with Gasteiger partial charge in [0.15, 0.2) is 0 Å². The molecule has 1 saturated heterocycles. The largest absolute Gasteiger partial charge is 0.416 e. The predicted octanol–water partition coefficient (Wildman–Crippen LogP) is 3.95. The molecule has 1 aliphatic heterocycles. The molecule has 34 heavy (non-hydrogen) atoms. The van der Waals surface area contributed by atoms with Crippen LogP contribution in [0.2, 0.25) is 0 Å². The van der Waals surface area contributed by atoms with E-state index in [1.165, 1.54) is 12.1 Å². The second-order valence-corrected chi connectivity index (χ2v) is 8.80. The third-order valence-electron chi connectivity index (χ3n) is 6.70. The molecule has 7 nitrogen and oxygen atoms in total. The quantitative estimate of drug-likeness (QED) is 0.501. The number of aliphatic hydroxyl groups excluding tert-OH is 2. The zero-order valence-corrected chi connectivity index (χ0v) is 18.9. The van der Waals surface area contributed by atoms with Crippen LogP contribution in [0.15, 0.2) is 42.5 Å². The Morgan fingerprint density at radius 1 is 1.26 bits per heavy atom. The number of halogens is 3. The molecule has 4 rings (SSSR count). The number of likely N-dealkylation sites (tertiary alicyclic amines) is 1. The number of nitrogens with zero attached hydrogens (tertiary/aromatic N) is 3. The van der Waals surface area contributed by atoms with Crippen molar-refractivity contribution in [3.8, 4) is 0 Å². The first-order chi connectivity index (χ1) is 16.0. The zero-order valence-electron chi connectivity index (χ0n) is 18.9. The highest BCUT2D eigenvalue weighted by Gasteiger charge is 2.41. The number of aromatic nitrogens is 2. The molecule has 182 valence electrons. The minimum absolute atomic E-state index is 0.0699. The average molecular weight is 476 g/mol. The number of aliphatic hydroxyl groups is 2. The van der Waals surface area contributed by atoms with Crippen molar-refractivity contribution in [1.29, 1.82) is 0 Å². The Balaban J connectivity index is 1.70. The number of carbonyl (C=O) groups excluding carboxylic acids is 1. The molecule has 2 heterocycles. The molecule has 2 aromatic carbocycles. The van der Waals surface area contributed by atoms with Gasteiger partial charge in [0, 0.05) is 24.3 Å². The molecule has 0 saturated carbocycles. The number of hydrogen-bond acceptors (Lipinski definition) is 5. The van der Waals surface area contributed by atoms with E-state index < -0.39 is 23.9 Å². The second kappa shape index (κ2) is 9.01. The second-order valence-electron chi connectivity index (χ2n) is 8.80. The molecule has 1 aliphatic rings. The lowest BCUT2D eigenvalue weighted by atomic mass is 9.89. The first-order valence-electron chi connectivity index (χ1n) is 11.1. The molecule has 0 aliphatic carbocycles. The number of aryl methyl sites for hydroxylation is 1. The van der Waals surface area contributed by atoms with Gasteiger partial charge in [0.2, 0.25) is 5.95 Å². The number of benzene rings is 2. The number of carbonyl (C=O) groups is 1. The van der Waals surface area contributed by atoms with E-state index in [2.05, 4.69) is 10.3 Å². The summed E-state index contributed by atoms with van der Waals surface area (Å²) in [4.78, 5) is 19.3. The van der Waals surface area contributed by atoms with Crippen molar-refractivity contribution in [1.82, 2.24) is 14.5 Å². The number of hydrogen-bond donors (Lipinski definition) is 3. The topological polar surface area (TPSA) is 90.6 Å². The third kappa shape index (κ3) is 4.40. The summed E-state index contributed by atoms with van der Waals surface area (Å²) in [5, 5.41) is 22.1. The van der Waals surface area contributed by atoms with Gasteiger partial charge in [0.1, 0.15) is 6.23 Å². The van der Waals surface area contributed by atoms with Crippen molar-refractivity contribution in [2.45, 2.75) is 50.7 Å². The number of rotatable bonds is 6. The smallest absolute Gasteiger partial charge is 0.396 e. The normalized spacial score (nSPS) is 21.3. The Labute approximate surface area is 194 Å². The van der Waals surface area contributed by atoms with Gasteiger partial charge in [-0.25, -0.2) is 4.98 Å². The Bertz CT molecular complexity index is 1210. The van der Waals surface area contributed by atoms with Crippen molar-refractivity contribution in [2.24, 2.45) is 0 Å². The summed E-state index contributed by atoms with van der Waals surface area (Å²) < 4.78 is 40.9. The van der Waals surface area contributed by atoms with Gasteiger partial charge in [-0.2, -0.15) is 13.2 Å². The van der Waals surface area contributed by atoms with Crippen LogP contribution in [-0.2, 0) is 18.3 Å². The molecule has 2 unspecified atom stereocenters.